The van der Waals surface area contributed by atoms with Gasteiger partial charge in [-0.1, -0.05) is 12.1 Å². The Morgan fingerprint density at radius 2 is 1.55 bits per heavy atom. The van der Waals surface area contributed by atoms with Crippen LogP contribution in [0, 0.1) is 0 Å². The highest BCUT2D eigenvalue weighted by Gasteiger charge is 2.36. The molecule has 0 radical (unpaired) electrons. The highest BCUT2D eigenvalue weighted by molar-refractivity contribution is 5.27. The SMILES string of the molecule is [NH2+]=NCCOCCOCCOCCOc1ccc(CCO[C@H]2C[C@@H](O)[C@H](O)[C@@H](CO)O2)cc1. The lowest BCUT2D eigenvalue weighted by Crippen LogP contribution is -2.50. The minimum absolute atomic E-state index is 0.166. The summed E-state index contributed by atoms with van der Waals surface area (Å²) in [5, 5.41) is 32.2. The van der Waals surface area contributed by atoms with Crippen molar-refractivity contribution in [1.29, 1.82) is 0 Å². The third-order valence-electron chi connectivity index (χ3n) is 4.94. The average molecular weight is 474 g/mol. The zero-order chi connectivity index (χ0) is 23.7. The molecule has 1 aromatic rings. The molecular weight excluding hydrogens is 436 g/mol. The van der Waals surface area contributed by atoms with Gasteiger partial charge < -0.3 is 43.7 Å². The van der Waals surface area contributed by atoms with E-state index in [1.807, 2.05) is 24.3 Å². The van der Waals surface area contributed by atoms with Gasteiger partial charge in [-0.05, 0) is 29.2 Å². The van der Waals surface area contributed by atoms with E-state index in [2.05, 4.69) is 5.11 Å². The van der Waals surface area contributed by atoms with Crippen molar-refractivity contribution in [1.82, 2.24) is 0 Å². The Labute approximate surface area is 194 Å². The highest BCUT2D eigenvalue weighted by atomic mass is 16.7. The monoisotopic (exact) mass is 473 g/mol. The molecule has 1 aliphatic rings. The second-order valence-corrected chi connectivity index (χ2v) is 7.44. The molecule has 0 saturated carbocycles. The van der Waals surface area contributed by atoms with Gasteiger partial charge in [0.2, 0.25) is 0 Å². The first-order valence-electron chi connectivity index (χ1n) is 11.2. The number of nitrogens with zero attached hydrogens (tertiary/aromatic N) is 1. The fourth-order valence-corrected chi connectivity index (χ4v) is 3.11. The molecule has 33 heavy (non-hydrogen) atoms. The summed E-state index contributed by atoms with van der Waals surface area (Å²) in [6.45, 7) is 3.89. The van der Waals surface area contributed by atoms with E-state index in [1.165, 1.54) is 0 Å². The maximum atomic E-state index is 9.82. The van der Waals surface area contributed by atoms with Gasteiger partial charge in [0.25, 0.3) is 0 Å². The number of hydrogen-bond donors (Lipinski definition) is 4. The van der Waals surface area contributed by atoms with Crippen LogP contribution in [0.3, 0.4) is 0 Å². The third kappa shape index (κ3) is 11.3. The molecule has 2 rings (SSSR count). The smallest absolute Gasteiger partial charge is 0.160 e. The molecule has 0 amide bonds. The van der Waals surface area contributed by atoms with E-state index in [-0.39, 0.29) is 13.0 Å². The van der Waals surface area contributed by atoms with E-state index in [1.54, 1.807) is 0 Å². The average Bonchev–Trinajstić information content (AvgIpc) is 2.83. The molecule has 0 bridgehead atoms. The zero-order valence-electron chi connectivity index (χ0n) is 18.9. The summed E-state index contributed by atoms with van der Waals surface area (Å²) >= 11 is 0. The molecule has 1 fully saturated rings. The van der Waals surface area contributed by atoms with E-state index < -0.39 is 24.6 Å². The van der Waals surface area contributed by atoms with Gasteiger partial charge in [0, 0.05) is 6.42 Å². The molecular formula is C22H37N2O9+. The standard InChI is InChI=1S/C22H36N2O9/c23-24-6-8-28-9-10-29-11-12-30-13-14-31-18-3-1-17(2-4-18)5-7-32-21-15-19(26)22(27)20(16-25)33-21/h1-4,19-23,25-27H,5-16H2/p+1/t19-,20-,21-,22+/m1/s1. The minimum Gasteiger partial charge on any atom is -0.491 e. The Morgan fingerprint density at radius 1 is 0.909 bits per heavy atom. The fourth-order valence-electron chi connectivity index (χ4n) is 3.11. The quantitative estimate of drug-likeness (QED) is 0.151. The number of ether oxygens (including phenoxy) is 6. The first-order chi connectivity index (χ1) is 16.1. The van der Waals surface area contributed by atoms with Crippen LogP contribution in [0.5, 0.6) is 5.75 Å². The van der Waals surface area contributed by atoms with Crippen molar-refractivity contribution in [3.05, 3.63) is 29.8 Å². The molecule has 0 aromatic heterocycles. The van der Waals surface area contributed by atoms with Gasteiger partial charge >= 0.3 is 0 Å². The van der Waals surface area contributed by atoms with Crippen molar-refractivity contribution < 1.29 is 49.3 Å². The van der Waals surface area contributed by atoms with E-state index in [4.69, 9.17) is 34.0 Å². The van der Waals surface area contributed by atoms with Crippen LogP contribution < -0.4 is 10.3 Å². The van der Waals surface area contributed by atoms with Gasteiger partial charge in [0.05, 0.1) is 59.0 Å². The molecule has 0 spiro atoms. The van der Waals surface area contributed by atoms with Crippen LogP contribution in [0.15, 0.2) is 29.4 Å². The molecule has 188 valence electrons. The number of aliphatic hydroxyl groups excluding tert-OH is 3. The van der Waals surface area contributed by atoms with Crippen molar-refractivity contribution in [2.75, 3.05) is 66.0 Å². The first kappa shape index (κ1) is 27.5. The predicted octanol–water partition coefficient (Wildman–Crippen LogP) is -1.29. The van der Waals surface area contributed by atoms with Gasteiger partial charge in [-0.15, -0.1) is 0 Å². The molecule has 11 heteroatoms. The van der Waals surface area contributed by atoms with Crippen LogP contribution in [-0.4, -0.2) is 106 Å². The van der Waals surface area contributed by atoms with Crippen LogP contribution in [0.2, 0.25) is 0 Å². The van der Waals surface area contributed by atoms with E-state index >= 15 is 0 Å². The molecule has 1 aromatic carbocycles. The summed E-state index contributed by atoms with van der Waals surface area (Å²) in [5.41, 5.74) is 6.07. The van der Waals surface area contributed by atoms with E-state index in [0.29, 0.717) is 65.8 Å². The fraction of sp³-hybridized carbons (Fsp3) is 0.727. The zero-order valence-corrected chi connectivity index (χ0v) is 18.9. The maximum absolute atomic E-state index is 9.82. The second kappa shape index (κ2) is 16.8. The van der Waals surface area contributed by atoms with Gasteiger partial charge in [0.1, 0.15) is 31.1 Å². The molecule has 11 nitrogen and oxygen atoms in total. The lowest BCUT2D eigenvalue weighted by Gasteiger charge is -2.36. The lowest BCUT2D eigenvalue weighted by atomic mass is 10.0. The van der Waals surface area contributed by atoms with Crippen molar-refractivity contribution in [3.8, 4) is 5.75 Å². The van der Waals surface area contributed by atoms with Crippen molar-refractivity contribution >= 4 is 0 Å². The third-order valence-corrected chi connectivity index (χ3v) is 4.94. The first-order valence-corrected chi connectivity index (χ1v) is 11.2. The van der Waals surface area contributed by atoms with Gasteiger partial charge in [-0.25, -0.2) is 0 Å². The van der Waals surface area contributed by atoms with Crippen molar-refractivity contribution in [2.24, 2.45) is 5.11 Å². The normalized spacial score (nSPS) is 22.9. The Kier molecular flexibility index (Phi) is 14.1. The van der Waals surface area contributed by atoms with Crippen LogP contribution >= 0.6 is 0 Å². The summed E-state index contributed by atoms with van der Waals surface area (Å²) in [6.07, 6.45) is -2.75. The van der Waals surface area contributed by atoms with Crippen LogP contribution in [0.4, 0.5) is 0 Å². The van der Waals surface area contributed by atoms with Crippen molar-refractivity contribution in [2.45, 2.75) is 37.4 Å². The largest absolute Gasteiger partial charge is 0.491 e. The van der Waals surface area contributed by atoms with E-state index in [9.17, 15) is 15.3 Å². The molecule has 1 aliphatic heterocycles. The summed E-state index contributed by atoms with van der Waals surface area (Å²) < 4.78 is 32.8. The maximum Gasteiger partial charge on any atom is 0.160 e. The van der Waals surface area contributed by atoms with Gasteiger partial charge in [0.15, 0.2) is 6.29 Å². The summed E-state index contributed by atoms with van der Waals surface area (Å²) in [6, 6.07) is 7.67. The molecule has 0 unspecified atom stereocenters. The Morgan fingerprint density at radius 3 is 2.18 bits per heavy atom. The number of nitrogens with two attached hydrogens (primary N) is 1. The van der Waals surface area contributed by atoms with Crippen LogP contribution in [0.1, 0.15) is 12.0 Å². The molecule has 1 saturated heterocycles. The topological polar surface area (TPSA) is 154 Å². The number of benzene rings is 1. The molecule has 1 heterocycles. The summed E-state index contributed by atoms with van der Waals surface area (Å²) in [7, 11) is 0. The van der Waals surface area contributed by atoms with Crippen molar-refractivity contribution in [3.63, 3.8) is 0 Å². The molecule has 5 N–H and O–H groups in total. The number of aliphatic hydroxyl groups is 3. The predicted molar refractivity (Wildman–Crippen MR) is 116 cm³/mol. The Hall–Kier alpha value is -1.70. The van der Waals surface area contributed by atoms with E-state index in [0.717, 1.165) is 11.3 Å². The summed E-state index contributed by atoms with van der Waals surface area (Å²) in [5.74, 6) is 0.749. The molecule has 4 atom stereocenters. The van der Waals surface area contributed by atoms with Crippen LogP contribution in [0.25, 0.3) is 0 Å². The second-order valence-electron chi connectivity index (χ2n) is 7.44. The highest BCUT2D eigenvalue weighted by Crippen LogP contribution is 2.21. The van der Waals surface area contributed by atoms with Gasteiger partial charge in [-0.2, -0.15) is 5.53 Å². The summed E-state index contributed by atoms with van der Waals surface area (Å²) in [4.78, 5) is 0. The number of hydrogen-bond acceptors (Lipinski definition) is 10. The Bertz CT molecular complexity index is 635. The van der Waals surface area contributed by atoms with Gasteiger partial charge in [-0.3, -0.25) is 0 Å². The minimum atomic E-state index is -1.10. The Balaban J connectivity index is 1.48. The van der Waals surface area contributed by atoms with Crippen LogP contribution in [-0.2, 0) is 30.1 Å². The number of rotatable bonds is 18. The molecule has 0 aliphatic carbocycles. The lowest BCUT2D eigenvalue weighted by molar-refractivity contribution is -0.256.